The van der Waals surface area contributed by atoms with Crippen molar-refractivity contribution in [2.45, 2.75) is 57.7 Å². The molecular formula is C24H26FN5O3. The third kappa shape index (κ3) is 4.25. The van der Waals surface area contributed by atoms with Crippen LogP contribution < -0.4 is 5.32 Å². The molecule has 1 atom stereocenters. The number of likely N-dealkylation sites (tertiary alicyclic amines) is 1. The van der Waals surface area contributed by atoms with Crippen molar-refractivity contribution in [2.75, 3.05) is 13.1 Å². The van der Waals surface area contributed by atoms with Gasteiger partial charge < -0.3 is 4.90 Å². The number of carbonyl (C=O) groups excluding carboxylic acids is 3. The summed E-state index contributed by atoms with van der Waals surface area (Å²) in [6.45, 7) is 4.56. The monoisotopic (exact) mass is 451 g/mol. The van der Waals surface area contributed by atoms with Crippen molar-refractivity contribution in [1.29, 1.82) is 0 Å². The van der Waals surface area contributed by atoms with Crippen LogP contribution in [0.1, 0.15) is 64.5 Å². The van der Waals surface area contributed by atoms with Gasteiger partial charge in [0.05, 0.1) is 11.4 Å². The number of piperidine rings is 2. The van der Waals surface area contributed by atoms with Crippen LogP contribution in [-0.4, -0.2) is 56.6 Å². The van der Waals surface area contributed by atoms with Crippen LogP contribution in [0.3, 0.4) is 0 Å². The van der Waals surface area contributed by atoms with Gasteiger partial charge in [0.1, 0.15) is 11.9 Å². The summed E-state index contributed by atoms with van der Waals surface area (Å²) in [6.07, 6.45) is 5.69. The van der Waals surface area contributed by atoms with Crippen LogP contribution >= 0.6 is 0 Å². The number of carbonyl (C=O) groups is 3. The van der Waals surface area contributed by atoms with Gasteiger partial charge in [0.15, 0.2) is 0 Å². The Labute approximate surface area is 191 Å². The van der Waals surface area contributed by atoms with E-state index in [1.807, 2.05) is 6.92 Å². The second kappa shape index (κ2) is 8.62. The van der Waals surface area contributed by atoms with Gasteiger partial charge in [-0.25, -0.2) is 4.39 Å². The highest BCUT2D eigenvalue weighted by atomic mass is 19.1. The maximum Gasteiger partial charge on any atom is 0.255 e. The van der Waals surface area contributed by atoms with Gasteiger partial charge in [-0.15, -0.1) is 0 Å². The van der Waals surface area contributed by atoms with Gasteiger partial charge >= 0.3 is 0 Å². The van der Waals surface area contributed by atoms with Crippen LogP contribution in [0.15, 0.2) is 24.5 Å². The Kier molecular flexibility index (Phi) is 5.65. The molecule has 0 saturated carbocycles. The Morgan fingerprint density at radius 3 is 2.58 bits per heavy atom. The van der Waals surface area contributed by atoms with Crippen molar-refractivity contribution in [3.63, 3.8) is 0 Å². The molecule has 1 unspecified atom stereocenters. The number of hydrogen-bond acceptors (Lipinski definition) is 6. The number of nitrogens with zero attached hydrogens (tertiary/aromatic N) is 4. The molecule has 2 saturated heterocycles. The molecule has 0 bridgehead atoms. The first-order valence-electron chi connectivity index (χ1n) is 11.4. The van der Waals surface area contributed by atoms with Gasteiger partial charge in [0.25, 0.3) is 5.91 Å². The highest BCUT2D eigenvalue weighted by Crippen LogP contribution is 2.35. The number of amides is 3. The minimum atomic E-state index is -0.692. The summed E-state index contributed by atoms with van der Waals surface area (Å²) in [5.41, 5.74) is 3.52. The van der Waals surface area contributed by atoms with E-state index in [1.165, 1.54) is 11.0 Å². The second-order valence-electron chi connectivity index (χ2n) is 9.13. The average Bonchev–Trinajstić information content (AvgIpc) is 3.11. The summed E-state index contributed by atoms with van der Waals surface area (Å²) < 4.78 is 15.1. The molecule has 2 fully saturated rings. The number of hydrogen-bond donors (Lipinski definition) is 1. The molecule has 5 rings (SSSR count). The quantitative estimate of drug-likeness (QED) is 0.715. The van der Waals surface area contributed by atoms with E-state index < -0.39 is 11.9 Å². The average molecular weight is 452 g/mol. The highest BCUT2D eigenvalue weighted by molar-refractivity contribution is 6.05. The Balaban J connectivity index is 1.26. The van der Waals surface area contributed by atoms with Gasteiger partial charge in [-0.05, 0) is 62.4 Å². The minimum absolute atomic E-state index is 0.0791. The molecule has 0 spiro atoms. The molecular weight excluding hydrogens is 425 g/mol. The molecule has 1 N–H and O–H groups in total. The van der Waals surface area contributed by atoms with Crippen LogP contribution in [0.2, 0.25) is 0 Å². The van der Waals surface area contributed by atoms with Crippen molar-refractivity contribution >= 4 is 17.7 Å². The number of imide groups is 1. The minimum Gasteiger partial charge on any atom is -0.322 e. The van der Waals surface area contributed by atoms with Crippen molar-refractivity contribution < 1.29 is 18.8 Å². The lowest BCUT2D eigenvalue weighted by Gasteiger charge is -2.32. The van der Waals surface area contributed by atoms with E-state index in [1.54, 1.807) is 18.5 Å². The molecule has 33 heavy (non-hydrogen) atoms. The summed E-state index contributed by atoms with van der Waals surface area (Å²) in [5, 5.41) is 2.29. The molecule has 9 heteroatoms. The maximum absolute atomic E-state index is 15.1. The van der Waals surface area contributed by atoms with Crippen LogP contribution in [-0.2, 0) is 22.7 Å². The van der Waals surface area contributed by atoms with Gasteiger partial charge in [-0.3, -0.25) is 34.6 Å². The van der Waals surface area contributed by atoms with E-state index in [0.717, 1.165) is 49.4 Å². The topological polar surface area (TPSA) is 95.5 Å². The van der Waals surface area contributed by atoms with Crippen LogP contribution in [0.4, 0.5) is 4.39 Å². The fraction of sp³-hybridized carbons (Fsp3) is 0.458. The normalized spacial score (nSPS) is 21.9. The van der Waals surface area contributed by atoms with Gasteiger partial charge in [0.2, 0.25) is 11.8 Å². The van der Waals surface area contributed by atoms with Gasteiger partial charge in [-0.1, -0.05) is 6.07 Å². The third-order valence-electron chi connectivity index (χ3n) is 6.89. The zero-order chi connectivity index (χ0) is 23.1. The lowest BCUT2D eigenvalue weighted by atomic mass is 9.87. The van der Waals surface area contributed by atoms with E-state index in [0.29, 0.717) is 17.5 Å². The zero-order valence-electron chi connectivity index (χ0n) is 18.5. The summed E-state index contributed by atoms with van der Waals surface area (Å²) in [7, 11) is 0. The predicted molar refractivity (Wildman–Crippen MR) is 116 cm³/mol. The number of halogens is 1. The Hall–Kier alpha value is -3.20. The van der Waals surface area contributed by atoms with E-state index in [-0.39, 0.29) is 36.5 Å². The molecule has 0 aliphatic carbocycles. The molecule has 0 radical (unpaired) electrons. The highest BCUT2D eigenvalue weighted by Gasteiger charge is 2.40. The summed E-state index contributed by atoms with van der Waals surface area (Å²) in [6, 6.07) is 2.44. The molecule has 1 aromatic carbocycles. The van der Waals surface area contributed by atoms with E-state index in [2.05, 4.69) is 20.2 Å². The smallest absolute Gasteiger partial charge is 0.255 e. The first-order valence-corrected chi connectivity index (χ1v) is 11.4. The molecule has 4 heterocycles. The Bertz CT molecular complexity index is 1110. The Morgan fingerprint density at radius 1 is 1.09 bits per heavy atom. The van der Waals surface area contributed by atoms with Crippen LogP contribution in [0.25, 0.3) is 0 Å². The first kappa shape index (κ1) is 21.6. The van der Waals surface area contributed by atoms with Crippen molar-refractivity contribution in [2.24, 2.45) is 0 Å². The molecule has 3 amide bonds. The van der Waals surface area contributed by atoms with Gasteiger partial charge in [-0.2, -0.15) is 0 Å². The molecule has 3 aliphatic rings. The second-order valence-corrected chi connectivity index (χ2v) is 9.13. The van der Waals surface area contributed by atoms with Crippen molar-refractivity contribution in [3.8, 4) is 0 Å². The van der Waals surface area contributed by atoms with E-state index >= 15 is 4.39 Å². The molecule has 1 aromatic heterocycles. The fourth-order valence-corrected chi connectivity index (χ4v) is 5.05. The number of benzene rings is 1. The molecule has 3 aliphatic heterocycles. The lowest BCUT2D eigenvalue weighted by Crippen LogP contribution is -2.52. The summed E-state index contributed by atoms with van der Waals surface area (Å²) >= 11 is 0. The summed E-state index contributed by atoms with van der Waals surface area (Å²) in [4.78, 5) is 49.0. The Morgan fingerprint density at radius 2 is 1.88 bits per heavy atom. The molecule has 8 nitrogen and oxygen atoms in total. The standard InChI is InChI=1S/C24H26FN5O3/c1-14-10-27-17(11-26-14)13-29-6-4-15(5-7-29)18-8-16-12-30(24(33)19(16)9-20(18)25)21-2-3-22(31)28-23(21)32/h8-11,15,21H,2-7,12-13H2,1H3,(H,28,31,32). The SMILES string of the molecule is Cc1cnc(CN2CCC(c3cc4c(cc3F)C(=O)N(C3CCC(=O)NC3=O)C4)CC2)cn1. The largest absolute Gasteiger partial charge is 0.322 e. The van der Waals surface area contributed by atoms with Crippen LogP contribution in [0.5, 0.6) is 0 Å². The molecule has 2 aromatic rings. The maximum atomic E-state index is 15.1. The lowest BCUT2D eigenvalue weighted by molar-refractivity contribution is -0.136. The van der Waals surface area contributed by atoms with E-state index in [9.17, 15) is 14.4 Å². The third-order valence-corrected chi connectivity index (χ3v) is 6.89. The van der Waals surface area contributed by atoms with Crippen molar-refractivity contribution in [1.82, 2.24) is 25.1 Å². The van der Waals surface area contributed by atoms with E-state index in [4.69, 9.17) is 0 Å². The molecule has 172 valence electrons. The predicted octanol–water partition coefficient (Wildman–Crippen LogP) is 2.06. The number of aryl methyl sites for hydroxylation is 1. The van der Waals surface area contributed by atoms with Crippen molar-refractivity contribution in [3.05, 3.63) is 58.4 Å². The first-order chi connectivity index (χ1) is 15.9. The number of fused-ring (bicyclic) bond motifs is 1. The number of rotatable bonds is 4. The number of nitrogens with one attached hydrogen (secondary N) is 1. The summed E-state index contributed by atoms with van der Waals surface area (Å²) in [5.74, 6) is -1.42. The van der Waals surface area contributed by atoms with Crippen LogP contribution in [0, 0.1) is 12.7 Å². The zero-order valence-corrected chi connectivity index (χ0v) is 18.5. The fourth-order valence-electron chi connectivity index (χ4n) is 5.05. The van der Waals surface area contributed by atoms with Gasteiger partial charge in [0, 0.05) is 37.5 Å². The number of aromatic nitrogens is 2.